The van der Waals surface area contributed by atoms with E-state index in [9.17, 15) is 5.21 Å². The molecule has 0 aromatic rings. The van der Waals surface area contributed by atoms with Crippen molar-refractivity contribution >= 4 is 0 Å². The van der Waals surface area contributed by atoms with Crippen LogP contribution in [-0.2, 0) is 0 Å². The van der Waals surface area contributed by atoms with E-state index in [1.54, 1.807) is 14.1 Å². The van der Waals surface area contributed by atoms with E-state index in [0.29, 0.717) is 4.86 Å². The van der Waals surface area contributed by atoms with Gasteiger partial charge in [-0.05, 0) is 20.8 Å². The van der Waals surface area contributed by atoms with Gasteiger partial charge in [0, 0.05) is 0 Å². The second kappa shape index (κ2) is 2.86. The van der Waals surface area contributed by atoms with Crippen LogP contribution in [0.15, 0.2) is 5.22 Å². The van der Waals surface area contributed by atoms with Crippen molar-refractivity contribution in [2.24, 2.45) is 5.22 Å². The first-order valence-electron chi connectivity index (χ1n) is 3.20. The fraction of sp³-hybridized carbons (Fsp3) is 1.00. The molecule has 0 fully saturated rings. The minimum absolute atomic E-state index is 0.440. The van der Waals surface area contributed by atoms with Crippen LogP contribution >= 0.6 is 0 Å². The van der Waals surface area contributed by atoms with Crippen molar-refractivity contribution in [3.05, 3.63) is 5.21 Å². The highest BCUT2D eigenvalue weighted by molar-refractivity contribution is 4.54. The van der Waals surface area contributed by atoms with Crippen molar-refractivity contribution < 1.29 is 4.86 Å². The molecule has 0 atom stereocenters. The maximum Gasteiger partial charge on any atom is 0.123 e. The molecule has 0 aliphatic carbocycles. The zero-order chi connectivity index (χ0) is 8.36. The van der Waals surface area contributed by atoms with Gasteiger partial charge in [-0.25, -0.2) is 0 Å². The van der Waals surface area contributed by atoms with Crippen molar-refractivity contribution in [1.29, 1.82) is 0 Å². The second-order valence-corrected chi connectivity index (χ2v) is 3.38. The fourth-order valence-corrected chi connectivity index (χ4v) is 0.297. The summed E-state index contributed by atoms with van der Waals surface area (Å²) < 4.78 is 0. The van der Waals surface area contributed by atoms with E-state index in [4.69, 9.17) is 0 Å². The van der Waals surface area contributed by atoms with Crippen LogP contribution in [0.1, 0.15) is 20.8 Å². The molecule has 0 bridgehead atoms. The molecule has 0 rings (SSSR count). The summed E-state index contributed by atoms with van der Waals surface area (Å²) in [5.41, 5.74) is -0.440. The van der Waals surface area contributed by atoms with Gasteiger partial charge in [0.05, 0.1) is 19.3 Å². The Balaban J connectivity index is 4.20. The summed E-state index contributed by atoms with van der Waals surface area (Å²) in [4.78, 5) is 0.688. The third-order valence-corrected chi connectivity index (χ3v) is 0.834. The zero-order valence-electron chi connectivity index (χ0n) is 7.25. The van der Waals surface area contributed by atoms with Crippen LogP contribution in [0.5, 0.6) is 0 Å². The molecule has 0 amide bonds. The third kappa shape index (κ3) is 3.27. The molecule has 0 N–H and O–H groups in total. The predicted molar refractivity (Wildman–Crippen MR) is 39.5 cm³/mol. The van der Waals surface area contributed by atoms with Crippen LogP contribution in [0.2, 0.25) is 0 Å². The van der Waals surface area contributed by atoms with Gasteiger partial charge < -0.3 is 5.21 Å². The van der Waals surface area contributed by atoms with Gasteiger partial charge in [-0.1, -0.05) is 0 Å². The summed E-state index contributed by atoms with van der Waals surface area (Å²) in [5.74, 6) is 0. The van der Waals surface area contributed by atoms with Crippen molar-refractivity contribution in [2.45, 2.75) is 26.3 Å². The van der Waals surface area contributed by atoms with Crippen LogP contribution in [0, 0.1) is 5.21 Å². The molecule has 0 aromatic carbocycles. The summed E-state index contributed by atoms with van der Waals surface area (Å²) >= 11 is 0. The Morgan fingerprint density at radius 2 is 1.70 bits per heavy atom. The Morgan fingerprint density at radius 3 is 1.80 bits per heavy atom. The standard InChI is InChI=1S/C6H15N3O/c1-6(2,3)9(10)7-8(4)5/h1-5H3/b9-7-. The van der Waals surface area contributed by atoms with E-state index in [1.807, 2.05) is 20.8 Å². The summed E-state index contributed by atoms with van der Waals surface area (Å²) in [6, 6.07) is 0. The first kappa shape index (κ1) is 9.20. The molecular weight excluding hydrogens is 130 g/mol. The van der Waals surface area contributed by atoms with Gasteiger partial charge in [-0.15, -0.1) is 0 Å². The smallest absolute Gasteiger partial charge is 0.123 e. The van der Waals surface area contributed by atoms with Crippen LogP contribution in [0.3, 0.4) is 0 Å². The Kier molecular flexibility index (Phi) is 2.63. The van der Waals surface area contributed by atoms with Gasteiger partial charge in [-0.3, -0.25) is 0 Å². The highest BCUT2D eigenvalue weighted by Crippen LogP contribution is 2.05. The number of hydrogen-bond donors (Lipinski definition) is 0. The predicted octanol–water partition coefficient (Wildman–Crippen LogP) is 1.22. The van der Waals surface area contributed by atoms with E-state index < -0.39 is 5.54 Å². The highest BCUT2D eigenvalue weighted by atomic mass is 16.5. The fourth-order valence-electron chi connectivity index (χ4n) is 0.297. The lowest BCUT2D eigenvalue weighted by Gasteiger charge is -2.21. The molecule has 0 spiro atoms. The second-order valence-electron chi connectivity index (χ2n) is 3.38. The zero-order valence-corrected chi connectivity index (χ0v) is 7.25. The first-order valence-corrected chi connectivity index (χ1v) is 3.20. The average Bonchev–Trinajstić information content (AvgIpc) is 1.60. The Labute approximate surface area is 61.7 Å². The molecule has 0 heterocycles. The van der Waals surface area contributed by atoms with E-state index in [-0.39, 0.29) is 0 Å². The minimum Gasteiger partial charge on any atom is -0.695 e. The third-order valence-electron chi connectivity index (χ3n) is 0.834. The van der Waals surface area contributed by atoms with Gasteiger partial charge in [-0.2, -0.15) is 9.87 Å². The lowest BCUT2D eigenvalue weighted by molar-refractivity contribution is -0.610. The molecule has 0 unspecified atom stereocenters. The van der Waals surface area contributed by atoms with E-state index in [2.05, 4.69) is 5.22 Å². The average molecular weight is 145 g/mol. The van der Waals surface area contributed by atoms with Crippen molar-refractivity contribution in [3.63, 3.8) is 0 Å². The van der Waals surface area contributed by atoms with Crippen LogP contribution in [0.4, 0.5) is 0 Å². The Morgan fingerprint density at radius 1 is 1.30 bits per heavy atom. The van der Waals surface area contributed by atoms with Crippen LogP contribution in [-0.4, -0.2) is 29.5 Å². The van der Waals surface area contributed by atoms with Gasteiger partial charge >= 0.3 is 0 Å². The van der Waals surface area contributed by atoms with Crippen LogP contribution < -0.4 is 0 Å². The number of hydroxylamine groups is 1. The van der Waals surface area contributed by atoms with Crippen molar-refractivity contribution in [2.75, 3.05) is 14.1 Å². The maximum absolute atomic E-state index is 11.0. The number of nitrogens with zero attached hydrogens (tertiary/aromatic N) is 3. The van der Waals surface area contributed by atoms with Crippen molar-refractivity contribution in [3.8, 4) is 0 Å². The molecule has 0 aliphatic heterocycles. The van der Waals surface area contributed by atoms with Gasteiger partial charge in [0.1, 0.15) is 5.54 Å². The SMILES string of the molecule is CN(C)/N=[N+](\[O-])C(C)(C)C. The summed E-state index contributed by atoms with van der Waals surface area (Å²) in [7, 11) is 3.44. The lowest BCUT2D eigenvalue weighted by atomic mass is 10.1. The molecule has 0 saturated heterocycles. The summed E-state index contributed by atoms with van der Waals surface area (Å²) in [6.07, 6.45) is 0. The van der Waals surface area contributed by atoms with E-state index in [0.717, 1.165) is 0 Å². The summed E-state index contributed by atoms with van der Waals surface area (Å²) in [5, 5.41) is 16.1. The molecule has 4 nitrogen and oxygen atoms in total. The maximum atomic E-state index is 11.0. The minimum atomic E-state index is -0.440. The molecule has 0 aliphatic rings. The molecular formula is C6H15N3O. The number of hydrogen-bond acceptors (Lipinski definition) is 2. The van der Waals surface area contributed by atoms with Crippen LogP contribution in [0.25, 0.3) is 0 Å². The van der Waals surface area contributed by atoms with E-state index >= 15 is 0 Å². The van der Waals surface area contributed by atoms with E-state index in [1.165, 1.54) is 5.01 Å². The highest BCUT2D eigenvalue weighted by Gasteiger charge is 2.15. The molecule has 0 saturated carbocycles. The molecule has 4 heteroatoms. The molecule has 0 radical (unpaired) electrons. The monoisotopic (exact) mass is 145 g/mol. The molecule has 60 valence electrons. The molecule has 0 aromatic heterocycles. The molecule has 10 heavy (non-hydrogen) atoms. The van der Waals surface area contributed by atoms with Crippen molar-refractivity contribution in [1.82, 2.24) is 5.01 Å². The van der Waals surface area contributed by atoms with Gasteiger partial charge in [0.2, 0.25) is 0 Å². The normalized spacial score (nSPS) is 13.5. The largest absolute Gasteiger partial charge is 0.695 e. The quantitative estimate of drug-likeness (QED) is 0.316. The topological polar surface area (TPSA) is 41.7 Å². The summed E-state index contributed by atoms with van der Waals surface area (Å²) in [6.45, 7) is 5.44. The number of rotatable bonds is 1. The Bertz CT molecular complexity index is 134. The van der Waals surface area contributed by atoms with Gasteiger partial charge in [0.15, 0.2) is 0 Å². The first-order chi connectivity index (χ1) is 4.34. The van der Waals surface area contributed by atoms with Gasteiger partial charge in [0.25, 0.3) is 0 Å². The lowest BCUT2D eigenvalue weighted by Crippen LogP contribution is -2.29. The Hall–Kier alpha value is -0.800.